The van der Waals surface area contributed by atoms with Crippen LogP contribution in [0.3, 0.4) is 0 Å². The van der Waals surface area contributed by atoms with Gasteiger partial charge in [-0.1, -0.05) is 27.7 Å². The lowest BCUT2D eigenvalue weighted by atomic mass is 10.1. The molecule has 0 saturated heterocycles. The third kappa shape index (κ3) is 8.19. The molecule has 0 aliphatic rings. The topological polar surface area (TPSA) is 132 Å². The Labute approximate surface area is 96.2 Å². The molecule has 0 aromatic rings. The lowest BCUT2D eigenvalue weighted by molar-refractivity contribution is -0.139. The van der Waals surface area contributed by atoms with E-state index in [-0.39, 0.29) is 11.8 Å². The fourth-order valence-corrected chi connectivity index (χ4v) is 0.614. The number of amides is 1. The molecular formula is C10H23N3O3. The van der Waals surface area contributed by atoms with E-state index in [4.69, 9.17) is 22.3 Å². The highest BCUT2D eigenvalue weighted by Crippen LogP contribution is 1.96. The predicted octanol–water partition coefficient (Wildman–Crippen LogP) is -0.491. The van der Waals surface area contributed by atoms with Gasteiger partial charge < -0.3 is 22.3 Å². The fraction of sp³-hybridized carbons (Fsp3) is 0.800. The van der Waals surface area contributed by atoms with Gasteiger partial charge in [-0.05, 0) is 11.8 Å². The van der Waals surface area contributed by atoms with Gasteiger partial charge in [-0.25, -0.2) is 0 Å². The smallest absolute Gasteiger partial charge is 0.320 e. The van der Waals surface area contributed by atoms with Crippen molar-refractivity contribution >= 4 is 11.9 Å². The molecule has 0 spiro atoms. The maximum absolute atomic E-state index is 10.2. The third-order valence-electron chi connectivity index (χ3n) is 2.05. The molecular weight excluding hydrogens is 210 g/mol. The second kappa shape index (κ2) is 8.06. The van der Waals surface area contributed by atoms with Gasteiger partial charge in [0.2, 0.25) is 5.91 Å². The first-order chi connectivity index (χ1) is 7.11. The van der Waals surface area contributed by atoms with E-state index in [2.05, 4.69) is 0 Å². The number of carbonyl (C=O) groups is 2. The highest BCUT2D eigenvalue weighted by molar-refractivity contribution is 5.79. The van der Waals surface area contributed by atoms with E-state index in [1.165, 1.54) is 0 Å². The molecule has 7 N–H and O–H groups in total. The summed E-state index contributed by atoms with van der Waals surface area (Å²) in [5, 5.41) is 8.23. The Bertz CT molecular complexity index is 205. The number of carboxylic acid groups (broad SMARTS) is 1. The summed E-state index contributed by atoms with van der Waals surface area (Å²) in [6.07, 6.45) is 0. The van der Waals surface area contributed by atoms with E-state index < -0.39 is 24.0 Å². The predicted molar refractivity (Wildman–Crippen MR) is 62.5 cm³/mol. The van der Waals surface area contributed by atoms with E-state index in [0.29, 0.717) is 0 Å². The summed E-state index contributed by atoms with van der Waals surface area (Å²) in [6, 6.07) is -1.20. The van der Waals surface area contributed by atoms with Crippen molar-refractivity contribution in [2.24, 2.45) is 29.0 Å². The molecule has 0 aliphatic heterocycles. The Morgan fingerprint density at radius 1 is 0.938 bits per heavy atom. The summed E-state index contributed by atoms with van der Waals surface area (Å²) < 4.78 is 0. The Kier molecular flexibility index (Phi) is 8.70. The summed E-state index contributed by atoms with van der Waals surface area (Å²) in [4.78, 5) is 20.3. The number of nitrogens with two attached hydrogens (primary N) is 3. The zero-order chi connectivity index (χ0) is 13.5. The number of carbonyl (C=O) groups excluding carboxylic acids is 1. The standard InChI is InChI=1S/C5H12N2O.C5H11NO2/c2*1-3(2)4(6)5(7)8/h3-4H,6H2,1-2H3,(H2,7,8);3-4H,6H2,1-2H3,(H,7,8)/t2*4-/m00/s1. The first-order valence-electron chi connectivity index (χ1n) is 5.14. The molecule has 6 nitrogen and oxygen atoms in total. The van der Waals surface area contributed by atoms with E-state index in [9.17, 15) is 9.59 Å². The maximum atomic E-state index is 10.2. The van der Waals surface area contributed by atoms with Crippen LogP contribution in [-0.2, 0) is 9.59 Å². The quantitative estimate of drug-likeness (QED) is 0.520. The van der Waals surface area contributed by atoms with Crippen LogP contribution in [0.1, 0.15) is 27.7 Å². The molecule has 0 aromatic carbocycles. The summed E-state index contributed by atoms with van der Waals surface area (Å²) in [5.74, 6) is -1.19. The highest BCUT2D eigenvalue weighted by Gasteiger charge is 2.14. The van der Waals surface area contributed by atoms with Crippen LogP contribution >= 0.6 is 0 Å². The number of aliphatic carboxylic acids is 1. The Hall–Kier alpha value is -1.14. The SMILES string of the molecule is CC(C)[C@H](N)C(=O)O.CC(C)[C@H](N)C(N)=O. The largest absolute Gasteiger partial charge is 0.480 e. The number of hydrogen-bond donors (Lipinski definition) is 4. The minimum Gasteiger partial charge on any atom is -0.480 e. The van der Waals surface area contributed by atoms with Crippen LogP contribution in [0.2, 0.25) is 0 Å². The fourth-order valence-electron chi connectivity index (χ4n) is 0.614. The molecule has 0 unspecified atom stereocenters. The van der Waals surface area contributed by atoms with Crippen LogP contribution in [-0.4, -0.2) is 29.1 Å². The van der Waals surface area contributed by atoms with Crippen LogP contribution in [0, 0.1) is 11.8 Å². The zero-order valence-corrected chi connectivity index (χ0v) is 10.3. The molecule has 0 rings (SSSR count). The summed E-state index contributed by atoms with van der Waals surface area (Å²) in [6.45, 7) is 7.27. The van der Waals surface area contributed by atoms with Gasteiger partial charge in [0.15, 0.2) is 0 Å². The van der Waals surface area contributed by atoms with Crippen LogP contribution < -0.4 is 17.2 Å². The molecule has 2 atom stereocenters. The van der Waals surface area contributed by atoms with Crippen molar-refractivity contribution in [1.82, 2.24) is 0 Å². The van der Waals surface area contributed by atoms with Gasteiger partial charge in [-0.3, -0.25) is 9.59 Å². The molecule has 0 aromatic heterocycles. The molecule has 0 bridgehead atoms. The second-order valence-electron chi connectivity index (χ2n) is 4.28. The first kappa shape index (κ1) is 17.3. The van der Waals surface area contributed by atoms with Gasteiger partial charge >= 0.3 is 5.97 Å². The van der Waals surface area contributed by atoms with E-state index in [0.717, 1.165) is 0 Å². The van der Waals surface area contributed by atoms with Crippen molar-refractivity contribution < 1.29 is 14.7 Å². The number of carboxylic acids is 1. The number of hydrogen-bond acceptors (Lipinski definition) is 4. The molecule has 1 amide bonds. The Balaban J connectivity index is 0. The van der Waals surface area contributed by atoms with E-state index in [1.54, 1.807) is 13.8 Å². The van der Waals surface area contributed by atoms with Crippen LogP contribution in [0.25, 0.3) is 0 Å². The zero-order valence-electron chi connectivity index (χ0n) is 10.3. The molecule has 96 valence electrons. The van der Waals surface area contributed by atoms with Crippen LogP contribution in [0.15, 0.2) is 0 Å². The molecule has 0 radical (unpaired) electrons. The van der Waals surface area contributed by atoms with Crippen molar-refractivity contribution in [3.63, 3.8) is 0 Å². The molecule has 6 heteroatoms. The van der Waals surface area contributed by atoms with Gasteiger partial charge in [-0.15, -0.1) is 0 Å². The summed E-state index contributed by atoms with van der Waals surface area (Å²) >= 11 is 0. The van der Waals surface area contributed by atoms with Crippen molar-refractivity contribution in [1.29, 1.82) is 0 Å². The van der Waals surface area contributed by atoms with Gasteiger partial charge in [0.05, 0.1) is 6.04 Å². The molecule has 0 heterocycles. The van der Waals surface area contributed by atoms with Crippen molar-refractivity contribution in [3.8, 4) is 0 Å². The van der Waals surface area contributed by atoms with Crippen LogP contribution in [0.5, 0.6) is 0 Å². The van der Waals surface area contributed by atoms with Crippen LogP contribution in [0.4, 0.5) is 0 Å². The summed E-state index contributed by atoms with van der Waals surface area (Å²) in [7, 11) is 0. The van der Waals surface area contributed by atoms with Crippen molar-refractivity contribution in [2.75, 3.05) is 0 Å². The number of primary amides is 1. The lowest BCUT2D eigenvalue weighted by Gasteiger charge is -2.09. The Morgan fingerprint density at radius 3 is 1.25 bits per heavy atom. The second-order valence-corrected chi connectivity index (χ2v) is 4.28. The van der Waals surface area contributed by atoms with Crippen molar-refractivity contribution in [2.45, 2.75) is 39.8 Å². The Morgan fingerprint density at radius 2 is 1.25 bits per heavy atom. The summed E-state index contributed by atoms with van der Waals surface area (Å²) in [5.41, 5.74) is 15.3. The van der Waals surface area contributed by atoms with Crippen molar-refractivity contribution in [3.05, 3.63) is 0 Å². The average molecular weight is 233 g/mol. The molecule has 0 fully saturated rings. The molecule has 0 aliphatic carbocycles. The minimum absolute atomic E-state index is 0.0208. The molecule has 0 saturated carbocycles. The van der Waals surface area contributed by atoms with Gasteiger partial charge in [0, 0.05) is 0 Å². The maximum Gasteiger partial charge on any atom is 0.320 e. The molecule has 16 heavy (non-hydrogen) atoms. The van der Waals surface area contributed by atoms with Gasteiger partial charge in [0.1, 0.15) is 6.04 Å². The normalized spacial score (nSPS) is 14.0. The van der Waals surface area contributed by atoms with Gasteiger partial charge in [0.25, 0.3) is 0 Å². The number of rotatable bonds is 4. The van der Waals surface area contributed by atoms with Gasteiger partial charge in [-0.2, -0.15) is 0 Å². The highest BCUT2D eigenvalue weighted by atomic mass is 16.4. The first-order valence-corrected chi connectivity index (χ1v) is 5.14. The lowest BCUT2D eigenvalue weighted by Crippen LogP contribution is -2.40. The minimum atomic E-state index is -0.931. The van der Waals surface area contributed by atoms with E-state index >= 15 is 0 Å². The third-order valence-corrected chi connectivity index (χ3v) is 2.05. The monoisotopic (exact) mass is 233 g/mol. The van der Waals surface area contributed by atoms with E-state index in [1.807, 2.05) is 13.8 Å². The average Bonchev–Trinajstić information content (AvgIpc) is 2.15.